The average Bonchev–Trinajstić information content (AvgIpc) is 2.05. The molecule has 1 N–H and O–H groups in total. The molecule has 0 rings (SSSR count). The lowest BCUT2D eigenvalue weighted by atomic mass is 10.2. The first-order valence-electron chi connectivity index (χ1n) is 4.18. The Morgan fingerprint density at radius 2 is 2.25 bits per heavy atom. The number of esters is 1. The molecule has 0 aromatic carbocycles. The predicted octanol–water partition coefficient (Wildman–Crippen LogP) is 1.27. The van der Waals surface area contributed by atoms with Gasteiger partial charge in [-0.2, -0.15) is 0 Å². The molecule has 0 heterocycles. The first-order chi connectivity index (χ1) is 5.72. The predicted molar refractivity (Wildman–Crippen MR) is 46.7 cm³/mol. The summed E-state index contributed by atoms with van der Waals surface area (Å²) in [5.74, 6) is -0.391. The molecule has 0 aliphatic rings. The van der Waals surface area contributed by atoms with Crippen LogP contribution in [0.4, 0.5) is 0 Å². The minimum Gasteiger partial charge on any atom is -0.462 e. The molecule has 0 atom stereocenters. The molecule has 0 spiro atoms. The van der Waals surface area contributed by atoms with Crippen LogP contribution >= 0.6 is 0 Å². The molecule has 0 saturated carbocycles. The summed E-state index contributed by atoms with van der Waals surface area (Å²) in [5.41, 5.74) is 0.341. The summed E-state index contributed by atoms with van der Waals surface area (Å²) in [4.78, 5) is 11.0. The molecule has 3 heteroatoms. The van der Waals surface area contributed by atoms with Crippen LogP contribution in [0.5, 0.6) is 0 Å². The Bertz CT molecular complexity index is 152. The lowest BCUT2D eigenvalue weighted by Gasteiger charge is -2.04. The second kappa shape index (κ2) is 6.85. The van der Waals surface area contributed by atoms with Gasteiger partial charge < -0.3 is 9.84 Å². The number of hydrogen-bond acceptors (Lipinski definition) is 3. The van der Waals surface area contributed by atoms with E-state index in [1.807, 2.05) is 6.92 Å². The Morgan fingerprint density at radius 3 is 2.75 bits per heavy atom. The topological polar surface area (TPSA) is 46.5 Å². The van der Waals surface area contributed by atoms with Crippen LogP contribution in [0.3, 0.4) is 0 Å². The molecule has 0 aromatic rings. The number of rotatable bonds is 6. The van der Waals surface area contributed by atoms with Crippen molar-refractivity contribution in [2.75, 3.05) is 13.2 Å². The van der Waals surface area contributed by atoms with Crippen molar-refractivity contribution in [1.29, 1.82) is 0 Å². The summed E-state index contributed by atoms with van der Waals surface area (Å²) in [7, 11) is 0. The van der Waals surface area contributed by atoms with Gasteiger partial charge >= 0.3 is 5.97 Å². The maximum atomic E-state index is 11.0. The van der Waals surface area contributed by atoms with E-state index in [1.54, 1.807) is 0 Å². The monoisotopic (exact) mass is 172 g/mol. The molecule has 3 nitrogen and oxygen atoms in total. The number of hydrogen-bond donors (Lipinski definition) is 1. The van der Waals surface area contributed by atoms with Gasteiger partial charge in [-0.3, -0.25) is 0 Å². The van der Waals surface area contributed by atoms with Crippen LogP contribution in [0.15, 0.2) is 12.2 Å². The van der Waals surface area contributed by atoms with Crippen molar-refractivity contribution in [3.8, 4) is 0 Å². The average molecular weight is 172 g/mol. The number of unbranched alkanes of at least 4 members (excludes halogenated alkanes) is 1. The molecule has 0 saturated heterocycles. The van der Waals surface area contributed by atoms with E-state index in [4.69, 9.17) is 9.84 Å². The summed E-state index contributed by atoms with van der Waals surface area (Å²) in [5, 5.41) is 8.49. The lowest BCUT2D eigenvalue weighted by molar-refractivity contribution is -0.139. The van der Waals surface area contributed by atoms with E-state index >= 15 is 0 Å². The standard InChI is InChI=1S/C9H16O3/c1-3-4-7-12-9(11)8(2)5-6-10/h10H,2-7H2,1H3. The van der Waals surface area contributed by atoms with Gasteiger partial charge in [-0.15, -0.1) is 0 Å². The minimum absolute atomic E-state index is 0.0539. The number of aliphatic hydroxyl groups is 1. The molecule has 12 heavy (non-hydrogen) atoms. The van der Waals surface area contributed by atoms with Crippen LogP contribution < -0.4 is 0 Å². The van der Waals surface area contributed by atoms with Crippen molar-refractivity contribution in [3.05, 3.63) is 12.2 Å². The van der Waals surface area contributed by atoms with Gasteiger partial charge in [0, 0.05) is 18.6 Å². The van der Waals surface area contributed by atoms with E-state index in [0.717, 1.165) is 12.8 Å². The number of carbonyl (C=O) groups is 1. The summed E-state index contributed by atoms with van der Waals surface area (Å²) in [6.07, 6.45) is 2.17. The third kappa shape index (κ3) is 4.91. The van der Waals surface area contributed by atoms with Gasteiger partial charge in [0.25, 0.3) is 0 Å². The zero-order chi connectivity index (χ0) is 9.40. The third-order valence-corrected chi connectivity index (χ3v) is 1.43. The zero-order valence-electron chi connectivity index (χ0n) is 7.51. The van der Waals surface area contributed by atoms with Crippen LogP contribution in [-0.4, -0.2) is 24.3 Å². The summed E-state index contributed by atoms with van der Waals surface area (Å²) in [6, 6.07) is 0. The van der Waals surface area contributed by atoms with Crippen molar-refractivity contribution in [2.24, 2.45) is 0 Å². The van der Waals surface area contributed by atoms with Gasteiger partial charge in [0.15, 0.2) is 0 Å². The second-order valence-corrected chi connectivity index (χ2v) is 2.57. The second-order valence-electron chi connectivity index (χ2n) is 2.57. The molecule has 70 valence electrons. The Morgan fingerprint density at radius 1 is 1.58 bits per heavy atom. The molecule has 0 aromatic heterocycles. The maximum absolute atomic E-state index is 11.0. The molecule has 0 amide bonds. The van der Waals surface area contributed by atoms with Crippen molar-refractivity contribution in [2.45, 2.75) is 26.2 Å². The fourth-order valence-corrected chi connectivity index (χ4v) is 0.648. The highest BCUT2D eigenvalue weighted by Crippen LogP contribution is 2.00. The first-order valence-corrected chi connectivity index (χ1v) is 4.18. The Balaban J connectivity index is 3.50. The zero-order valence-corrected chi connectivity index (χ0v) is 7.51. The van der Waals surface area contributed by atoms with Crippen molar-refractivity contribution < 1.29 is 14.6 Å². The molecule has 0 bridgehead atoms. The highest BCUT2D eigenvalue weighted by molar-refractivity contribution is 5.87. The molecule has 0 aliphatic heterocycles. The minimum atomic E-state index is -0.391. The molecular formula is C9H16O3. The van der Waals surface area contributed by atoms with Crippen molar-refractivity contribution in [3.63, 3.8) is 0 Å². The number of ether oxygens (including phenoxy) is 1. The van der Waals surface area contributed by atoms with E-state index in [-0.39, 0.29) is 6.61 Å². The largest absolute Gasteiger partial charge is 0.462 e. The lowest BCUT2D eigenvalue weighted by Crippen LogP contribution is -2.09. The summed E-state index contributed by atoms with van der Waals surface area (Å²) >= 11 is 0. The molecule has 0 unspecified atom stereocenters. The fraction of sp³-hybridized carbons (Fsp3) is 0.667. The van der Waals surface area contributed by atoms with E-state index < -0.39 is 5.97 Å². The summed E-state index contributed by atoms with van der Waals surface area (Å²) < 4.78 is 4.85. The van der Waals surface area contributed by atoms with Gasteiger partial charge in [0.1, 0.15) is 0 Å². The maximum Gasteiger partial charge on any atom is 0.333 e. The van der Waals surface area contributed by atoms with Gasteiger partial charge in [0.05, 0.1) is 6.61 Å². The SMILES string of the molecule is C=C(CCO)C(=O)OCCCC. The number of aliphatic hydroxyl groups excluding tert-OH is 1. The highest BCUT2D eigenvalue weighted by Gasteiger charge is 2.06. The van der Waals surface area contributed by atoms with Crippen LogP contribution in [0.2, 0.25) is 0 Å². The number of carbonyl (C=O) groups excluding carboxylic acids is 1. The van der Waals surface area contributed by atoms with Crippen molar-refractivity contribution in [1.82, 2.24) is 0 Å². The third-order valence-electron chi connectivity index (χ3n) is 1.43. The fourth-order valence-electron chi connectivity index (χ4n) is 0.648. The first kappa shape index (κ1) is 11.2. The van der Waals surface area contributed by atoms with Gasteiger partial charge in [0.2, 0.25) is 0 Å². The highest BCUT2D eigenvalue weighted by atomic mass is 16.5. The summed E-state index contributed by atoms with van der Waals surface area (Å²) in [6.45, 7) is 5.90. The molecule has 0 aliphatic carbocycles. The Labute approximate surface area is 73.0 Å². The van der Waals surface area contributed by atoms with Gasteiger partial charge in [-0.1, -0.05) is 19.9 Å². The van der Waals surface area contributed by atoms with E-state index in [1.165, 1.54) is 0 Å². The van der Waals surface area contributed by atoms with Crippen LogP contribution in [0, 0.1) is 0 Å². The van der Waals surface area contributed by atoms with Gasteiger partial charge in [-0.25, -0.2) is 4.79 Å². The molecule has 0 fully saturated rings. The smallest absolute Gasteiger partial charge is 0.333 e. The molecule has 0 radical (unpaired) electrons. The van der Waals surface area contributed by atoms with Crippen LogP contribution in [0.1, 0.15) is 26.2 Å². The van der Waals surface area contributed by atoms with E-state index in [9.17, 15) is 4.79 Å². The van der Waals surface area contributed by atoms with Crippen LogP contribution in [-0.2, 0) is 9.53 Å². The van der Waals surface area contributed by atoms with E-state index in [0.29, 0.717) is 18.6 Å². The van der Waals surface area contributed by atoms with E-state index in [2.05, 4.69) is 6.58 Å². The quantitative estimate of drug-likeness (QED) is 0.373. The van der Waals surface area contributed by atoms with Crippen LogP contribution in [0.25, 0.3) is 0 Å². The Kier molecular flexibility index (Phi) is 6.38. The van der Waals surface area contributed by atoms with Crippen molar-refractivity contribution >= 4 is 5.97 Å². The normalized spacial score (nSPS) is 9.50. The molecular weight excluding hydrogens is 156 g/mol. The Hall–Kier alpha value is -0.830. The van der Waals surface area contributed by atoms with Gasteiger partial charge in [-0.05, 0) is 6.42 Å².